The Kier molecular flexibility index (Phi) is 14.7. The molecule has 8 heteroatoms. The molecule has 0 saturated heterocycles. The molecule has 8 nitrogen and oxygen atoms in total. The second-order valence-electron chi connectivity index (χ2n) is 25.4. The van der Waals surface area contributed by atoms with E-state index in [9.17, 15) is 0 Å². The van der Waals surface area contributed by atoms with Gasteiger partial charge < -0.3 is 9.13 Å². The molecule has 0 radical (unpaired) electrons. The van der Waals surface area contributed by atoms with E-state index in [1.807, 2.05) is 72.8 Å². The molecule has 0 unspecified atom stereocenters. The lowest BCUT2D eigenvalue weighted by Gasteiger charge is -2.21. The van der Waals surface area contributed by atoms with E-state index in [4.69, 9.17) is 29.9 Å². The molecule has 0 aliphatic heterocycles. The van der Waals surface area contributed by atoms with Gasteiger partial charge in [0.1, 0.15) is 0 Å². The molecule has 0 atom stereocenters. The van der Waals surface area contributed by atoms with Crippen LogP contribution >= 0.6 is 0 Å². The molecular weight excluding hydrogens is 1180 g/mol. The number of para-hydroxylation sites is 2. The lowest BCUT2D eigenvalue weighted by molar-refractivity contribution is 0.870. The average molecular weight is 1250 g/mol. The van der Waals surface area contributed by atoms with Gasteiger partial charge in [-0.25, -0.2) is 29.9 Å². The summed E-state index contributed by atoms with van der Waals surface area (Å²) in [7, 11) is 0. The van der Waals surface area contributed by atoms with Crippen LogP contribution in [-0.2, 0) is 6.54 Å². The van der Waals surface area contributed by atoms with E-state index in [2.05, 4.69) is 267 Å². The Balaban J connectivity index is 0.932. The fraction of sp³-hybridized carbons (Fsp3) is 0.0562. The highest BCUT2D eigenvalue weighted by Crippen LogP contribution is 2.46. The van der Waals surface area contributed by atoms with Crippen molar-refractivity contribution < 1.29 is 0 Å². The fourth-order valence-corrected chi connectivity index (χ4v) is 14.4. The third-order valence-corrected chi connectivity index (χ3v) is 18.6. The number of benzene rings is 13. The zero-order valence-electron chi connectivity index (χ0n) is 54.2. The van der Waals surface area contributed by atoms with E-state index < -0.39 is 0 Å². The Bertz CT molecular complexity index is 5740. The standard InChI is InChI=1S/C89H64N8/c1-56-46-57(2)49-69(48-56)64-42-44-78-75(53-64)71-35-17-19-39-77(71)96(78)55-68-34-22-37-73(88-92-84(60-24-9-5-10-25-60)90-85(93-88)61-26-11-6-12-27-61)82(68)66-32-21-33-67(52-66)83-74(89-94-86(62-28-13-7-14-29-62)91-87(95-89)63-30-15-8-16-31-63)38-23-41-81(83)97-79-40-20-18-36-72(79)76-54-65(43-45-80(76)97)70-50-58(3)47-59(4)51-70/h5-54H,55H2,1-4H3. The van der Waals surface area contributed by atoms with Crippen LogP contribution in [0, 0.1) is 27.7 Å². The maximum absolute atomic E-state index is 5.47. The summed E-state index contributed by atoms with van der Waals surface area (Å²) in [5.41, 5.74) is 25.4. The van der Waals surface area contributed by atoms with Crippen LogP contribution in [0.1, 0.15) is 27.8 Å². The Morgan fingerprint density at radius 2 is 0.598 bits per heavy atom. The molecule has 0 spiro atoms. The van der Waals surface area contributed by atoms with Crippen LogP contribution in [0.5, 0.6) is 0 Å². The van der Waals surface area contributed by atoms with E-state index in [1.165, 1.54) is 55.3 Å². The van der Waals surface area contributed by atoms with Gasteiger partial charge in [-0.15, -0.1) is 0 Å². The molecule has 0 amide bonds. The number of aryl methyl sites for hydroxylation is 4. The van der Waals surface area contributed by atoms with E-state index >= 15 is 0 Å². The molecule has 97 heavy (non-hydrogen) atoms. The van der Waals surface area contributed by atoms with Gasteiger partial charge in [0.25, 0.3) is 0 Å². The van der Waals surface area contributed by atoms with Crippen molar-refractivity contribution in [1.29, 1.82) is 0 Å². The first-order valence-electron chi connectivity index (χ1n) is 33.0. The summed E-state index contributed by atoms with van der Waals surface area (Å²) in [6.07, 6.45) is 0. The predicted molar refractivity (Wildman–Crippen MR) is 399 cm³/mol. The van der Waals surface area contributed by atoms with Gasteiger partial charge in [0.2, 0.25) is 0 Å². The van der Waals surface area contributed by atoms with Gasteiger partial charge in [-0.05, 0) is 121 Å². The number of fused-ring (bicyclic) bond motifs is 6. The first-order valence-corrected chi connectivity index (χ1v) is 33.0. The van der Waals surface area contributed by atoms with Gasteiger partial charge in [-0.2, -0.15) is 0 Å². The molecule has 17 aromatic rings. The highest BCUT2D eigenvalue weighted by molar-refractivity contribution is 6.12. The number of hydrogen-bond acceptors (Lipinski definition) is 6. The Labute approximate surface area is 563 Å². The predicted octanol–water partition coefficient (Wildman–Crippen LogP) is 22.2. The van der Waals surface area contributed by atoms with Gasteiger partial charge in [0.15, 0.2) is 34.9 Å². The lowest BCUT2D eigenvalue weighted by Crippen LogP contribution is -2.05. The van der Waals surface area contributed by atoms with Gasteiger partial charge >= 0.3 is 0 Å². The van der Waals surface area contributed by atoms with Crippen LogP contribution in [0.3, 0.4) is 0 Å². The minimum absolute atomic E-state index is 0.533. The molecule has 460 valence electrons. The molecule has 0 aliphatic rings. The van der Waals surface area contributed by atoms with Crippen LogP contribution < -0.4 is 0 Å². The quantitative estimate of drug-likeness (QED) is 0.114. The molecule has 17 rings (SSSR count). The van der Waals surface area contributed by atoms with Crippen LogP contribution in [-0.4, -0.2) is 39.0 Å². The van der Waals surface area contributed by atoms with Crippen molar-refractivity contribution in [2.45, 2.75) is 34.2 Å². The summed E-state index contributed by atoms with van der Waals surface area (Å²) >= 11 is 0. The van der Waals surface area contributed by atoms with E-state index in [-0.39, 0.29) is 0 Å². The second-order valence-corrected chi connectivity index (χ2v) is 25.4. The molecule has 4 heterocycles. The summed E-state index contributed by atoms with van der Waals surface area (Å²) in [6.45, 7) is 9.23. The van der Waals surface area contributed by atoms with Crippen LogP contribution in [0.2, 0.25) is 0 Å². The normalized spacial score (nSPS) is 11.5. The van der Waals surface area contributed by atoms with E-state index in [1.54, 1.807) is 0 Å². The monoisotopic (exact) mass is 1240 g/mol. The zero-order valence-corrected chi connectivity index (χ0v) is 54.2. The molecule has 0 aliphatic carbocycles. The summed E-state index contributed by atoms with van der Waals surface area (Å²) in [6, 6.07) is 108. The minimum atomic E-state index is 0.533. The van der Waals surface area contributed by atoms with E-state index in [0.717, 1.165) is 99.7 Å². The summed E-state index contributed by atoms with van der Waals surface area (Å²) in [5.74, 6) is 3.45. The smallest absolute Gasteiger partial charge is 0.164 e. The lowest BCUT2D eigenvalue weighted by atomic mass is 9.89. The SMILES string of the molecule is Cc1cc(C)cc(-c2ccc3c(c2)c2ccccc2n3Cc2cccc(-c3nc(-c4ccccc4)nc(-c4ccccc4)n3)c2-c2cccc(-c3c(-c4nc(-c5ccccc5)nc(-c5ccccc5)n4)cccc3-n3c4ccccc4c4cc(-c5cc(C)cc(C)c5)ccc43)c2)c1. The van der Waals surface area contributed by atoms with Crippen molar-refractivity contribution in [2.24, 2.45) is 0 Å². The molecular formula is C89H64N8. The maximum atomic E-state index is 5.47. The average Bonchev–Trinajstić information content (AvgIpc) is 1.65. The van der Waals surface area contributed by atoms with Crippen LogP contribution in [0.4, 0.5) is 0 Å². The summed E-state index contributed by atoms with van der Waals surface area (Å²) in [5, 5.41) is 4.70. The largest absolute Gasteiger partial charge is 0.336 e. The number of aromatic nitrogens is 8. The Morgan fingerprint density at radius 3 is 1.10 bits per heavy atom. The molecule has 4 aromatic heterocycles. The van der Waals surface area contributed by atoms with Gasteiger partial charge in [-0.3, -0.25) is 0 Å². The highest BCUT2D eigenvalue weighted by Gasteiger charge is 2.26. The van der Waals surface area contributed by atoms with Crippen molar-refractivity contribution in [2.75, 3.05) is 0 Å². The van der Waals surface area contributed by atoms with Gasteiger partial charge in [0, 0.05) is 78.1 Å². The van der Waals surface area contributed by atoms with Crippen molar-refractivity contribution in [3.8, 4) is 119 Å². The maximum Gasteiger partial charge on any atom is 0.164 e. The topological polar surface area (TPSA) is 87.2 Å². The number of hydrogen-bond donors (Lipinski definition) is 0. The van der Waals surface area contributed by atoms with Crippen molar-refractivity contribution in [1.82, 2.24) is 39.0 Å². The first kappa shape index (κ1) is 58.3. The third-order valence-electron chi connectivity index (χ3n) is 18.6. The first-order chi connectivity index (χ1) is 47.7. The van der Waals surface area contributed by atoms with Crippen molar-refractivity contribution in [3.05, 3.63) is 331 Å². The van der Waals surface area contributed by atoms with Crippen molar-refractivity contribution in [3.63, 3.8) is 0 Å². The molecule has 13 aromatic carbocycles. The summed E-state index contributed by atoms with van der Waals surface area (Å²) in [4.78, 5) is 32.3. The van der Waals surface area contributed by atoms with Gasteiger partial charge in [-0.1, -0.05) is 277 Å². The van der Waals surface area contributed by atoms with Gasteiger partial charge in [0.05, 0.1) is 16.7 Å². The molecule has 0 bridgehead atoms. The summed E-state index contributed by atoms with van der Waals surface area (Å²) < 4.78 is 4.92. The van der Waals surface area contributed by atoms with Crippen molar-refractivity contribution >= 4 is 43.6 Å². The number of nitrogens with zero attached hydrogens (tertiary/aromatic N) is 8. The zero-order chi connectivity index (χ0) is 65.1. The van der Waals surface area contributed by atoms with Crippen LogP contribution in [0.25, 0.3) is 162 Å². The highest BCUT2D eigenvalue weighted by atomic mass is 15.1. The molecule has 0 saturated carbocycles. The number of rotatable bonds is 13. The minimum Gasteiger partial charge on any atom is -0.336 e. The Hall–Kier alpha value is -12.5. The van der Waals surface area contributed by atoms with Crippen LogP contribution in [0.15, 0.2) is 303 Å². The van der Waals surface area contributed by atoms with E-state index in [0.29, 0.717) is 41.5 Å². The molecule has 0 N–H and O–H groups in total. The Morgan fingerprint density at radius 1 is 0.237 bits per heavy atom. The molecule has 0 fully saturated rings. The fourth-order valence-electron chi connectivity index (χ4n) is 14.4. The third kappa shape index (κ3) is 10.9. The second kappa shape index (κ2) is 24.4.